The van der Waals surface area contributed by atoms with E-state index in [0.29, 0.717) is 5.69 Å². The van der Waals surface area contributed by atoms with Gasteiger partial charge < -0.3 is 9.47 Å². The number of nitrogens with zero attached hydrogens (tertiary/aromatic N) is 1. The number of carbonyl (C=O) groups excluding carboxylic acids is 2. The molecular weight excluding hydrogens is 224 g/mol. The summed E-state index contributed by atoms with van der Waals surface area (Å²) in [5.41, 5.74) is 0.267. The van der Waals surface area contributed by atoms with Crippen molar-refractivity contribution < 1.29 is 19.1 Å². The average molecular weight is 240 g/mol. The van der Waals surface area contributed by atoms with Crippen molar-refractivity contribution in [3.63, 3.8) is 0 Å². The first-order chi connectivity index (χ1) is 7.82. The fourth-order valence-corrected chi connectivity index (χ4v) is 1.43. The summed E-state index contributed by atoms with van der Waals surface area (Å²) in [5.74, 6) is -1.28. The standard InChI is InChI=1S/C11H16N2O4/c1-11(2,3)8-6(9(14)16-4)7(12-13-8)10(15)17-5/h1-5H3,(H,12,13). The largest absolute Gasteiger partial charge is 0.465 e. The highest BCUT2D eigenvalue weighted by molar-refractivity contribution is 6.02. The van der Waals surface area contributed by atoms with Gasteiger partial charge in [0.25, 0.3) is 0 Å². The number of methoxy groups -OCH3 is 2. The molecule has 0 aliphatic carbocycles. The molecule has 0 radical (unpaired) electrons. The van der Waals surface area contributed by atoms with E-state index in [4.69, 9.17) is 0 Å². The molecule has 0 aromatic carbocycles. The summed E-state index contributed by atoms with van der Waals surface area (Å²) in [4.78, 5) is 23.2. The van der Waals surface area contributed by atoms with Crippen molar-refractivity contribution in [2.24, 2.45) is 0 Å². The Morgan fingerprint density at radius 1 is 1.12 bits per heavy atom. The maximum atomic E-state index is 11.7. The van der Waals surface area contributed by atoms with Crippen LogP contribution in [0.2, 0.25) is 0 Å². The van der Waals surface area contributed by atoms with Crippen LogP contribution in [0, 0.1) is 0 Å². The predicted molar refractivity (Wildman–Crippen MR) is 60.0 cm³/mol. The van der Waals surface area contributed by atoms with Crippen LogP contribution in [0.15, 0.2) is 0 Å². The van der Waals surface area contributed by atoms with E-state index in [0.717, 1.165) is 0 Å². The number of nitrogens with one attached hydrogen (secondary N) is 1. The number of hydrogen-bond acceptors (Lipinski definition) is 5. The maximum absolute atomic E-state index is 11.7. The van der Waals surface area contributed by atoms with Crippen LogP contribution in [0.3, 0.4) is 0 Å². The lowest BCUT2D eigenvalue weighted by atomic mass is 9.88. The molecule has 0 unspecified atom stereocenters. The summed E-state index contributed by atoms with van der Waals surface area (Å²) in [6.07, 6.45) is 0. The number of esters is 2. The summed E-state index contributed by atoms with van der Waals surface area (Å²) in [7, 11) is 2.48. The van der Waals surface area contributed by atoms with Gasteiger partial charge in [0.2, 0.25) is 0 Å². The molecule has 0 amide bonds. The molecule has 0 aliphatic rings. The first kappa shape index (κ1) is 13.2. The van der Waals surface area contributed by atoms with Crippen molar-refractivity contribution in [2.45, 2.75) is 26.2 Å². The minimum Gasteiger partial charge on any atom is -0.465 e. The van der Waals surface area contributed by atoms with Crippen LogP contribution in [0.4, 0.5) is 0 Å². The van der Waals surface area contributed by atoms with Crippen LogP contribution in [-0.2, 0) is 14.9 Å². The SMILES string of the molecule is COC(=O)c1n[nH]c(C(C)(C)C)c1C(=O)OC. The van der Waals surface area contributed by atoms with E-state index < -0.39 is 11.9 Å². The molecule has 1 heterocycles. The Morgan fingerprint density at radius 3 is 2.06 bits per heavy atom. The molecule has 17 heavy (non-hydrogen) atoms. The van der Waals surface area contributed by atoms with Gasteiger partial charge in [-0.05, 0) is 0 Å². The summed E-state index contributed by atoms with van der Waals surface area (Å²) in [6.45, 7) is 5.69. The van der Waals surface area contributed by atoms with Crippen LogP contribution in [0.1, 0.15) is 47.3 Å². The Morgan fingerprint density at radius 2 is 1.65 bits per heavy atom. The van der Waals surface area contributed by atoms with E-state index in [1.807, 2.05) is 20.8 Å². The molecule has 6 heteroatoms. The molecule has 0 atom stereocenters. The van der Waals surface area contributed by atoms with E-state index in [9.17, 15) is 9.59 Å². The molecule has 0 saturated carbocycles. The van der Waals surface area contributed by atoms with Gasteiger partial charge in [-0.2, -0.15) is 5.10 Å². The molecular formula is C11H16N2O4. The van der Waals surface area contributed by atoms with E-state index >= 15 is 0 Å². The van der Waals surface area contributed by atoms with Crippen LogP contribution in [0.25, 0.3) is 0 Å². The first-order valence-electron chi connectivity index (χ1n) is 5.08. The first-order valence-corrected chi connectivity index (χ1v) is 5.08. The third kappa shape index (κ3) is 2.46. The van der Waals surface area contributed by atoms with Gasteiger partial charge in [-0.3, -0.25) is 5.10 Å². The molecule has 0 bridgehead atoms. The molecule has 94 valence electrons. The predicted octanol–water partition coefficient (Wildman–Crippen LogP) is 1.28. The lowest BCUT2D eigenvalue weighted by Crippen LogP contribution is -2.19. The smallest absolute Gasteiger partial charge is 0.359 e. The maximum Gasteiger partial charge on any atom is 0.359 e. The van der Waals surface area contributed by atoms with Gasteiger partial charge in [0.15, 0.2) is 5.69 Å². The van der Waals surface area contributed by atoms with Gasteiger partial charge >= 0.3 is 11.9 Å². The van der Waals surface area contributed by atoms with Gasteiger partial charge in [0.1, 0.15) is 5.56 Å². The Bertz CT molecular complexity index is 443. The number of aromatic nitrogens is 2. The second kappa shape index (κ2) is 4.57. The van der Waals surface area contributed by atoms with E-state index in [1.165, 1.54) is 14.2 Å². The third-order valence-electron chi connectivity index (χ3n) is 2.28. The van der Waals surface area contributed by atoms with Gasteiger partial charge in [0, 0.05) is 5.41 Å². The highest BCUT2D eigenvalue weighted by Gasteiger charge is 2.31. The minimum atomic E-state index is -0.669. The van der Waals surface area contributed by atoms with Gasteiger partial charge in [0.05, 0.1) is 19.9 Å². The highest BCUT2D eigenvalue weighted by atomic mass is 16.5. The molecule has 1 aromatic rings. The van der Waals surface area contributed by atoms with Crippen LogP contribution >= 0.6 is 0 Å². The Labute approximate surface area is 99.3 Å². The summed E-state index contributed by atoms with van der Waals surface area (Å²) >= 11 is 0. The number of ether oxygens (including phenoxy) is 2. The quantitative estimate of drug-likeness (QED) is 0.787. The Hall–Kier alpha value is -1.85. The molecule has 0 saturated heterocycles. The molecule has 0 aliphatic heterocycles. The zero-order valence-electron chi connectivity index (χ0n) is 10.6. The molecule has 0 fully saturated rings. The van der Waals surface area contributed by atoms with Crippen LogP contribution in [-0.4, -0.2) is 36.4 Å². The van der Waals surface area contributed by atoms with Crippen molar-refractivity contribution in [3.8, 4) is 0 Å². The topological polar surface area (TPSA) is 81.3 Å². The number of H-pyrrole nitrogens is 1. The lowest BCUT2D eigenvalue weighted by Gasteiger charge is -2.17. The van der Waals surface area contributed by atoms with Gasteiger partial charge in [-0.25, -0.2) is 9.59 Å². The normalized spacial score (nSPS) is 11.1. The Kier molecular flexibility index (Phi) is 3.55. The molecule has 0 spiro atoms. The molecule has 1 N–H and O–H groups in total. The van der Waals surface area contributed by atoms with Crippen LogP contribution in [0.5, 0.6) is 0 Å². The number of carbonyl (C=O) groups is 2. The minimum absolute atomic E-state index is 0.0516. The number of hydrogen-bond donors (Lipinski definition) is 1. The average Bonchev–Trinajstić information content (AvgIpc) is 2.70. The van der Waals surface area contributed by atoms with Crippen molar-refractivity contribution in [3.05, 3.63) is 17.0 Å². The number of rotatable bonds is 2. The second-order valence-electron chi connectivity index (χ2n) is 4.56. The second-order valence-corrected chi connectivity index (χ2v) is 4.56. The molecule has 6 nitrogen and oxygen atoms in total. The fraction of sp³-hybridized carbons (Fsp3) is 0.545. The zero-order valence-corrected chi connectivity index (χ0v) is 10.6. The van der Waals surface area contributed by atoms with Crippen molar-refractivity contribution in [1.29, 1.82) is 0 Å². The highest BCUT2D eigenvalue weighted by Crippen LogP contribution is 2.26. The zero-order chi connectivity index (χ0) is 13.2. The Balaban J connectivity index is 3.40. The van der Waals surface area contributed by atoms with Gasteiger partial charge in [-0.15, -0.1) is 0 Å². The monoisotopic (exact) mass is 240 g/mol. The molecule has 1 aromatic heterocycles. The summed E-state index contributed by atoms with van der Waals surface area (Å²) in [6, 6.07) is 0. The lowest BCUT2D eigenvalue weighted by molar-refractivity contribution is 0.0550. The van der Waals surface area contributed by atoms with E-state index in [1.54, 1.807) is 0 Å². The molecule has 1 rings (SSSR count). The summed E-state index contributed by atoms with van der Waals surface area (Å²) < 4.78 is 9.23. The van der Waals surface area contributed by atoms with Crippen molar-refractivity contribution in [2.75, 3.05) is 14.2 Å². The van der Waals surface area contributed by atoms with Crippen molar-refractivity contribution >= 4 is 11.9 Å². The number of aromatic amines is 1. The van der Waals surface area contributed by atoms with E-state index in [-0.39, 0.29) is 16.7 Å². The van der Waals surface area contributed by atoms with Gasteiger partial charge in [-0.1, -0.05) is 20.8 Å². The van der Waals surface area contributed by atoms with Crippen LogP contribution < -0.4 is 0 Å². The third-order valence-corrected chi connectivity index (χ3v) is 2.28. The van der Waals surface area contributed by atoms with E-state index in [2.05, 4.69) is 19.7 Å². The fourth-order valence-electron chi connectivity index (χ4n) is 1.43. The summed E-state index contributed by atoms with van der Waals surface area (Å²) in [5, 5.41) is 6.52. The van der Waals surface area contributed by atoms with Crippen molar-refractivity contribution in [1.82, 2.24) is 10.2 Å².